The number of aromatic nitrogens is 1. The van der Waals surface area contributed by atoms with Gasteiger partial charge >= 0.3 is 94.7 Å². The van der Waals surface area contributed by atoms with Crippen molar-refractivity contribution in [2.24, 2.45) is 0 Å². The Bertz CT molecular complexity index is 443. The van der Waals surface area contributed by atoms with E-state index in [1.165, 1.54) is 0 Å². The fraction of sp³-hybridized carbons (Fsp3) is 0.231. The van der Waals surface area contributed by atoms with Gasteiger partial charge in [0.15, 0.2) is 0 Å². The Morgan fingerprint density at radius 1 is 1.06 bits per heavy atom. The van der Waals surface area contributed by atoms with Crippen molar-refractivity contribution in [3.63, 3.8) is 0 Å². The molecule has 2 heterocycles. The molecule has 17 heavy (non-hydrogen) atoms. The van der Waals surface area contributed by atoms with Crippen LogP contribution >= 0.6 is 0 Å². The van der Waals surface area contributed by atoms with Crippen LogP contribution in [-0.2, 0) is 0 Å². The molecule has 0 bridgehead atoms. The number of rotatable bonds is 3. The first-order valence-electron chi connectivity index (χ1n) is 4.98. The molecule has 0 aliphatic heterocycles. The second-order valence-corrected chi connectivity index (χ2v) is 3.31. The van der Waals surface area contributed by atoms with Gasteiger partial charge in [0.05, 0.1) is 0 Å². The van der Waals surface area contributed by atoms with Crippen molar-refractivity contribution in [2.45, 2.75) is 7.43 Å². The normalized spacial score (nSPS) is 9.06. The van der Waals surface area contributed by atoms with Crippen molar-refractivity contribution in [3.05, 3.63) is 36.4 Å². The summed E-state index contributed by atoms with van der Waals surface area (Å²) in [6.07, 6.45) is 1.73. The van der Waals surface area contributed by atoms with Crippen LogP contribution in [0.1, 0.15) is 7.43 Å². The molecule has 2 aromatic rings. The minimum atomic E-state index is 0. The summed E-state index contributed by atoms with van der Waals surface area (Å²) >= 11 is 0. The van der Waals surface area contributed by atoms with Crippen molar-refractivity contribution >= 4 is 6.91 Å². The topological polar surface area (TPSA) is 31.4 Å². The summed E-state index contributed by atoms with van der Waals surface area (Å²) < 4.78 is 10.3. The monoisotopic (exact) mass is 229 g/mol. The molecular weight excluding hydrogens is 213 g/mol. The summed E-state index contributed by atoms with van der Waals surface area (Å²) in [4.78, 5) is 4.30. The Morgan fingerprint density at radius 2 is 1.76 bits per heavy atom. The molecule has 3 nitrogen and oxygen atoms in total. The predicted octanol–water partition coefficient (Wildman–Crippen LogP) is 2.74. The van der Waals surface area contributed by atoms with Crippen molar-refractivity contribution in [3.8, 4) is 22.7 Å². The molecule has 2 aromatic heterocycles. The molecule has 0 fully saturated rings. The summed E-state index contributed by atoms with van der Waals surface area (Å²) in [6, 6.07) is 7.57. The summed E-state index contributed by atoms with van der Waals surface area (Å²) in [7, 11) is 3.29. The zero-order valence-corrected chi connectivity index (χ0v) is 9.31. The molecule has 0 radical (unpaired) electrons. The average Bonchev–Trinajstić information content (AvgIpc) is 2.39. The standard InChI is InChI=1S/C12H12BNO2.CH4/c1-15-9-3-5-13-11(7-9)12-8-10(16-2)4-6-14-12;/h3-8H,1-2H3;1H4. The molecule has 0 spiro atoms. The summed E-state index contributed by atoms with van der Waals surface area (Å²) in [6.45, 7) is 1.99. The maximum absolute atomic E-state index is 5.17. The van der Waals surface area contributed by atoms with Crippen LogP contribution in [-0.4, -0.2) is 26.1 Å². The van der Waals surface area contributed by atoms with E-state index in [9.17, 15) is 0 Å². The van der Waals surface area contributed by atoms with Crippen LogP contribution < -0.4 is 9.47 Å². The number of methoxy groups -OCH3 is 2. The van der Waals surface area contributed by atoms with Gasteiger partial charge in [0.2, 0.25) is 0 Å². The van der Waals surface area contributed by atoms with Gasteiger partial charge in [0, 0.05) is 0 Å². The van der Waals surface area contributed by atoms with Crippen LogP contribution in [0.3, 0.4) is 0 Å². The van der Waals surface area contributed by atoms with Crippen molar-refractivity contribution in [1.82, 2.24) is 4.98 Å². The van der Waals surface area contributed by atoms with Gasteiger partial charge in [-0.3, -0.25) is 0 Å². The van der Waals surface area contributed by atoms with Crippen LogP contribution in [0.15, 0.2) is 36.4 Å². The van der Waals surface area contributed by atoms with Crippen molar-refractivity contribution < 1.29 is 9.47 Å². The molecule has 0 unspecified atom stereocenters. The van der Waals surface area contributed by atoms with Crippen molar-refractivity contribution in [2.75, 3.05) is 14.2 Å². The molecule has 0 saturated carbocycles. The number of ether oxygens (including phenoxy) is 2. The number of nitrogens with zero attached hydrogens (tertiary/aromatic N) is 1. The fourth-order valence-electron chi connectivity index (χ4n) is 1.48. The minimum absolute atomic E-state index is 0. The summed E-state index contributed by atoms with van der Waals surface area (Å²) in [5, 5.41) is 0. The molecule has 0 amide bonds. The molecule has 88 valence electrons. The van der Waals surface area contributed by atoms with Gasteiger partial charge in [-0.1, -0.05) is 7.43 Å². The quantitative estimate of drug-likeness (QED) is 0.810. The molecule has 0 atom stereocenters. The molecule has 0 aromatic carbocycles. The van der Waals surface area contributed by atoms with Crippen LogP contribution in [0.5, 0.6) is 11.5 Å². The van der Waals surface area contributed by atoms with E-state index in [-0.39, 0.29) is 7.43 Å². The van der Waals surface area contributed by atoms with E-state index in [4.69, 9.17) is 9.47 Å². The summed E-state index contributed by atoms with van der Waals surface area (Å²) in [5.41, 5.74) is 1.89. The van der Waals surface area contributed by atoms with Gasteiger partial charge in [-0.05, 0) is 0 Å². The Kier molecular flexibility index (Phi) is 4.70. The molecule has 0 N–H and O–H groups in total. The van der Waals surface area contributed by atoms with E-state index in [2.05, 4.69) is 4.98 Å². The van der Waals surface area contributed by atoms with Crippen molar-refractivity contribution in [1.29, 1.82) is 0 Å². The maximum atomic E-state index is 5.17. The molecule has 2 rings (SSSR count). The first kappa shape index (κ1) is 13.2. The third-order valence-corrected chi connectivity index (χ3v) is 2.33. The average molecular weight is 229 g/mol. The fourth-order valence-corrected chi connectivity index (χ4v) is 1.48. The second-order valence-electron chi connectivity index (χ2n) is 3.31. The van der Waals surface area contributed by atoms with E-state index in [0.717, 1.165) is 22.7 Å². The molecular formula is C13H16BNO2. The molecule has 0 aliphatic carbocycles. The summed E-state index contributed by atoms with van der Waals surface area (Å²) in [5.74, 6) is 3.56. The SMILES string of the molecule is C.COc1ccbc(-c2cc(OC)ccn2)c1. The van der Waals surface area contributed by atoms with Crippen LogP contribution in [0.25, 0.3) is 11.2 Å². The second kappa shape index (κ2) is 6.04. The number of hydrogen-bond donors (Lipinski definition) is 0. The van der Waals surface area contributed by atoms with E-state index >= 15 is 0 Å². The Labute approximate surface area is 103 Å². The van der Waals surface area contributed by atoms with E-state index in [1.54, 1.807) is 20.4 Å². The van der Waals surface area contributed by atoms with Gasteiger partial charge in [-0.25, -0.2) is 0 Å². The third-order valence-electron chi connectivity index (χ3n) is 2.33. The van der Waals surface area contributed by atoms with Gasteiger partial charge in [-0.2, -0.15) is 0 Å². The Balaban J connectivity index is 0.00000144. The first-order valence-corrected chi connectivity index (χ1v) is 4.98. The van der Waals surface area contributed by atoms with Gasteiger partial charge in [-0.15, -0.1) is 0 Å². The Morgan fingerprint density at radius 3 is 2.47 bits per heavy atom. The number of hydrogen-bond acceptors (Lipinski definition) is 3. The zero-order chi connectivity index (χ0) is 11.4. The van der Waals surface area contributed by atoms with Gasteiger partial charge < -0.3 is 0 Å². The van der Waals surface area contributed by atoms with Crippen LogP contribution in [0.4, 0.5) is 0 Å². The first-order chi connectivity index (χ1) is 7.83. The molecule has 0 saturated heterocycles. The van der Waals surface area contributed by atoms with E-state index in [0.29, 0.717) is 0 Å². The number of pyridine rings is 1. The predicted molar refractivity (Wildman–Crippen MR) is 70.9 cm³/mol. The van der Waals surface area contributed by atoms with Gasteiger partial charge in [0.1, 0.15) is 0 Å². The van der Waals surface area contributed by atoms with Crippen LogP contribution in [0, 0.1) is 0 Å². The zero-order valence-electron chi connectivity index (χ0n) is 9.31. The third kappa shape index (κ3) is 3.06. The molecule has 0 aliphatic rings. The molecule has 4 heteroatoms. The van der Waals surface area contributed by atoms with E-state index in [1.807, 2.05) is 37.1 Å². The Hall–Kier alpha value is -1.84. The van der Waals surface area contributed by atoms with Gasteiger partial charge in [0.25, 0.3) is 0 Å². The van der Waals surface area contributed by atoms with Crippen LogP contribution in [0.2, 0.25) is 0 Å². The van der Waals surface area contributed by atoms with E-state index < -0.39 is 0 Å².